The van der Waals surface area contributed by atoms with E-state index in [-0.39, 0.29) is 17.7 Å². The van der Waals surface area contributed by atoms with Crippen LogP contribution in [0.4, 0.5) is 5.69 Å². The molecule has 1 heterocycles. The van der Waals surface area contributed by atoms with Gasteiger partial charge >= 0.3 is 0 Å². The summed E-state index contributed by atoms with van der Waals surface area (Å²) in [6.45, 7) is 5.45. The van der Waals surface area contributed by atoms with Crippen molar-refractivity contribution in [3.05, 3.63) is 65.2 Å². The largest absolute Gasteiger partial charge is 0.284 e. The van der Waals surface area contributed by atoms with Crippen LogP contribution < -0.4 is 4.72 Å². The molecule has 0 saturated carbocycles. The van der Waals surface area contributed by atoms with Gasteiger partial charge in [0, 0.05) is 18.5 Å². The van der Waals surface area contributed by atoms with Crippen molar-refractivity contribution in [1.29, 1.82) is 0 Å². The first-order valence-electron chi connectivity index (χ1n) is 9.40. The van der Waals surface area contributed by atoms with Gasteiger partial charge in [0.1, 0.15) is 0 Å². The standard InChI is InChI=1S/C21H25N3O3S/c1-4-21(25)24-20(18-12-7-6-9-15(18)3)14-19(22-24)16-10-8-11-17(13-16)23-28(26,27)5-2/h6-13,20,23H,4-5,14H2,1-3H3/t20-/m0/s1. The summed E-state index contributed by atoms with van der Waals surface area (Å²) in [7, 11) is -3.35. The number of sulfonamides is 1. The minimum atomic E-state index is -3.35. The van der Waals surface area contributed by atoms with Crippen LogP contribution in [-0.4, -0.2) is 30.8 Å². The summed E-state index contributed by atoms with van der Waals surface area (Å²) < 4.78 is 26.3. The van der Waals surface area contributed by atoms with Crippen molar-refractivity contribution in [2.45, 2.75) is 39.7 Å². The van der Waals surface area contributed by atoms with Gasteiger partial charge in [-0.05, 0) is 42.7 Å². The van der Waals surface area contributed by atoms with Crippen LogP contribution in [-0.2, 0) is 14.8 Å². The maximum absolute atomic E-state index is 12.5. The molecule has 3 rings (SSSR count). The lowest BCUT2D eigenvalue weighted by atomic mass is 9.95. The molecule has 1 aliphatic heterocycles. The van der Waals surface area contributed by atoms with Gasteiger partial charge in [-0.3, -0.25) is 9.52 Å². The minimum absolute atomic E-state index is 0.00626. The number of hydrogen-bond acceptors (Lipinski definition) is 4. The molecular formula is C21H25N3O3S. The average molecular weight is 400 g/mol. The molecule has 0 aliphatic carbocycles. The van der Waals surface area contributed by atoms with Crippen LogP contribution in [0.3, 0.4) is 0 Å². The maximum Gasteiger partial charge on any atom is 0.242 e. The van der Waals surface area contributed by atoms with E-state index >= 15 is 0 Å². The molecule has 0 unspecified atom stereocenters. The number of benzene rings is 2. The Bertz CT molecular complexity index is 1020. The first-order valence-corrected chi connectivity index (χ1v) is 11.1. The molecule has 2 aromatic carbocycles. The van der Waals surface area contributed by atoms with Crippen LogP contribution in [0.25, 0.3) is 0 Å². The number of carbonyl (C=O) groups excluding carboxylic acids is 1. The molecule has 1 atom stereocenters. The molecule has 1 N–H and O–H groups in total. The summed E-state index contributed by atoms with van der Waals surface area (Å²) in [6, 6.07) is 15.0. The minimum Gasteiger partial charge on any atom is -0.284 e. The molecule has 6 nitrogen and oxygen atoms in total. The van der Waals surface area contributed by atoms with E-state index in [0.717, 1.165) is 22.4 Å². The lowest BCUT2D eigenvalue weighted by Crippen LogP contribution is -2.26. The number of hydrazone groups is 1. The van der Waals surface area contributed by atoms with Crippen molar-refractivity contribution >= 4 is 27.3 Å². The summed E-state index contributed by atoms with van der Waals surface area (Å²) in [6.07, 6.45) is 0.954. The van der Waals surface area contributed by atoms with Gasteiger partial charge in [-0.15, -0.1) is 0 Å². The summed E-state index contributed by atoms with van der Waals surface area (Å²) in [5, 5.41) is 6.18. The van der Waals surface area contributed by atoms with E-state index in [1.54, 1.807) is 30.1 Å². The summed E-state index contributed by atoms with van der Waals surface area (Å²) >= 11 is 0. The van der Waals surface area contributed by atoms with Gasteiger partial charge in [0.15, 0.2) is 0 Å². The predicted molar refractivity (Wildman–Crippen MR) is 112 cm³/mol. The highest BCUT2D eigenvalue weighted by Crippen LogP contribution is 2.35. The molecular weight excluding hydrogens is 374 g/mol. The second-order valence-electron chi connectivity index (χ2n) is 6.80. The topological polar surface area (TPSA) is 78.8 Å². The van der Waals surface area contributed by atoms with Crippen molar-refractivity contribution in [3.8, 4) is 0 Å². The van der Waals surface area contributed by atoms with Crippen LogP contribution in [0.2, 0.25) is 0 Å². The van der Waals surface area contributed by atoms with Crippen molar-refractivity contribution in [3.63, 3.8) is 0 Å². The molecule has 28 heavy (non-hydrogen) atoms. The first kappa shape index (κ1) is 20.1. The quantitative estimate of drug-likeness (QED) is 0.801. The van der Waals surface area contributed by atoms with E-state index in [4.69, 9.17) is 0 Å². The average Bonchev–Trinajstić information content (AvgIpc) is 3.13. The van der Waals surface area contributed by atoms with Crippen molar-refractivity contribution in [1.82, 2.24) is 5.01 Å². The van der Waals surface area contributed by atoms with Crippen LogP contribution in [0.5, 0.6) is 0 Å². The predicted octanol–water partition coefficient (Wildman–Crippen LogP) is 3.84. The lowest BCUT2D eigenvalue weighted by Gasteiger charge is -2.23. The van der Waals surface area contributed by atoms with Crippen LogP contribution in [0, 0.1) is 6.92 Å². The van der Waals surface area contributed by atoms with Gasteiger partial charge in [0.2, 0.25) is 15.9 Å². The van der Waals surface area contributed by atoms with Crippen molar-refractivity contribution in [2.24, 2.45) is 5.10 Å². The highest BCUT2D eigenvalue weighted by Gasteiger charge is 2.33. The molecule has 0 aromatic heterocycles. The molecule has 148 valence electrons. The van der Waals surface area contributed by atoms with Gasteiger partial charge in [-0.25, -0.2) is 13.4 Å². The molecule has 1 aliphatic rings. The number of amides is 1. The zero-order valence-electron chi connectivity index (χ0n) is 16.3. The smallest absolute Gasteiger partial charge is 0.242 e. The number of rotatable bonds is 6. The fourth-order valence-corrected chi connectivity index (χ4v) is 3.92. The number of hydrogen-bond donors (Lipinski definition) is 1. The maximum atomic E-state index is 12.5. The van der Waals surface area contributed by atoms with Crippen LogP contribution >= 0.6 is 0 Å². The van der Waals surface area contributed by atoms with E-state index in [0.29, 0.717) is 18.5 Å². The summed E-state index contributed by atoms with van der Waals surface area (Å²) in [4.78, 5) is 12.5. The number of nitrogens with one attached hydrogen (secondary N) is 1. The monoisotopic (exact) mass is 399 g/mol. The third-order valence-corrected chi connectivity index (χ3v) is 6.17. The third-order valence-electron chi connectivity index (χ3n) is 4.86. The number of carbonyl (C=O) groups is 1. The Morgan fingerprint density at radius 3 is 2.61 bits per heavy atom. The van der Waals surface area contributed by atoms with Gasteiger partial charge in [-0.1, -0.05) is 43.3 Å². The molecule has 2 aromatic rings. The third kappa shape index (κ3) is 4.25. The van der Waals surface area contributed by atoms with E-state index in [1.165, 1.54) is 0 Å². The highest BCUT2D eigenvalue weighted by molar-refractivity contribution is 7.92. The lowest BCUT2D eigenvalue weighted by molar-refractivity contribution is -0.132. The Labute approximate surface area is 166 Å². The Morgan fingerprint density at radius 1 is 1.18 bits per heavy atom. The molecule has 1 amide bonds. The normalized spacial score (nSPS) is 16.8. The zero-order chi connectivity index (χ0) is 20.3. The van der Waals surface area contributed by atoms with Gasteiger partial charge in [0.25, 0.3) is 0 Å². The Morgan fingerprint density at radius 2 is 1.93 bits per heavy atom. The van der Waals surface area contributed by atoms with Crippen molar-refractivity contribution < 1.29 is 13.2 Å². The molecule has 0 saturated heterocycles. The van der Waals surface area contributed by atoms with Crippen molar-refractivity contribution in [2.75, 3.05) is 10.5 Å². The SMILES string of the molecule is CCC(=O)N1N=C(c2cccc(NS(=O)(=O)CC)c2)C[C@H]1c1ccccc1C. The van der Waals surface area contributed by atoms with E-state index in [1.807, 2.05) is 44.2 Å². The van der Waals surface area contributed by atoms with E-state index < -0.39 is 10.0 Å². The number of anilines is 1. The second-order valence-corrected chi connectivity index (χ2v) is 8.81. The number of nitrogens with zero attached hydrogens (tertiary/aromatic N) is 2. The van der Waals surface area contributed by atoms with E-state index in [9.17, 15) is 13.2 Å². The second kappa shape index (κ2) is 8.14. The van der Waals surface area contributed by atoms with Gasteiger partial charge in [0.05, 0.1) is 17.5 Å². The van der Waals surface area contributed by atoms with Gasteiger partial charge < -0.3 is 0 Å². The molecule has 0 fully saturated rings. The Balaban J connectivity index is 1.95. The first-order chi connectivity index (χ1) is 13.3. The number of aryl methyl sites for hydroxylation is 1. The Hall–Kier alpha value is -2.67. The fraction of sp³-hybridized carbons (Fsp3) is 0.333. The zero-order valence-corrected chi connectivity index (χ0v) is 17.2. The van der Waals surface area contributed by atoms with Crippen LogP contribution in [0.15, 0.2) is 53.6 Å². The van der Waals surface area contributed by atoms with E-state index in [2.05, 4.69) is 9.82 Å². The fourth-order valence-electron chi connectivity index (χ4n) is 3.29. The molecule has 7 heteroatoms. The Kier molecular flexibility index (Phi) is 5.84. The molecule has 0 bridgehead atoms. The van der Waals surface area contributed by atoms with Crippen LogP contribution in [0.1, 0.15) is 49.4 Å². The molecule has 0 spiro atoms. The summed E-state index contributed by atoms with van der Waals surface area (Å²) in [5.74, 6) is -0.0298. The van der Waals surface area contributed by atoms with Gasteiger partial charge in [-0.2, -0.15) is 5.10 Å². The summed E-state index contributed by atoms with van der Waals surface area (Å²) in [5.41, 5.74) is 4.26. The molecule has 0 radical (unpaired) electrons. The highest BCUT2D eigenvalue weighted by atomic mass is 32.2.